The lowest BCUT2D eigenvalue weighted by Crippen LogP contribution is -2.42. The first-order chi connectivity index (χ1) is 14.0. The van der Waals surface area contributed by atoms with Gasteiger partial charge in [0.25, 0.3) is 0 Å². The third kappa shape index (κ3) is 4.82. The largest absolute Gasteiger partial charge is 0.496 e. The molecule has 3 rings (SSSR count). The van der Waals surface area contributed by atoms with Crippen LogP contribution in [0.15, 0.2) is 53.5 Å². The number of sulfonamides is 1. The molecule has 0 spiro atoms. The Hall–Kier alpha value is -2.74. The summed E-state index contributed by atoms with van der Waals surface area (Å²) in [7, 11) is 1.85. The van der Waals surface area contributed by atoms with Crippen molar-refractivity contribution in [3.8, 4) is 5.75 Å². The molecule has 0 atom stereocenters. The number of nitrogens with one attached hydrogen (secondary N) is 1. The molecule has 0 bridgehead atoms. The number of fused-ring (bicyclic) bond motifs is 1. The summed E-state index contributed by atoms with van der Waals surface area (Å²) in [5.41, 5.74) is 2.91. The Labute approximate surface area is 173 Å². The summed E-state index contributed by atoms with van der Waals surface area (Å²) in [6.07, 6.45) is 0.756. The van der Waals surface area contributed by atoms with E-state index in [1.165, 1.54) is 4.31 Å². The van der Waals surface area contributed by atoms with Gasteiger partial charge in [-0.05, 0) is 24.1 Å². The highest BCUT2D eigenvalue weighted by molar-refractivity contribution is 7.92. The maximum absolute atomic E-state index is 12.8. The van der Waals surface area contributed by atoms with E-state index in [0.29, 0.717) is 19.0 Å². The molecule has 0 aliphatic carbocycles. The first kappa shape index (κ1) is 21.0. The van der Waals surface area contributed by atoms with Crippen LogP contribution in [0.2, 0.25) is 0 Å². The van der Waals surface area contributed by atoms with Crippen LogP contribution in [-0.2, 0) is 23.0 Å². The maximum atomic E-state index is 12.8. The van der Waals surface area contributed by atoms with Crippen molar-refractivity contribution in [2.24, 2.45) is 4.99 Å². The molecule has 8 heteroatoms. The molecule has 0 unspecified atom stereocenters. The number of benzene rings is 2. The Kier molecular flexibility index (Phi) is 6.64. The van der Waals surface area contributed by atoms with Gasteiger partial charge in [-0.1, -0.05) is 36.4 Å². The molecule has 1 N–H and O–H groups in total. The zero-order valence-electron chi connectivity index (χ0n) is 17.1. The van der Waals surface area contributed by atoms with Crippen molar-refractivity contribution in [2.75, 3.05) is 44.4 Å². The normalized spacial score (nSPS) is 13.9. The van der Waals surface area contributed by atoms with Crippen molar-refractivity contribution in [1.29, 1.82) is 0 Å². The monoisotopic (exact) mass is 416 g/mol. The second-order valence-electron chi connectivity index (χ2n) is 6.91. The number of rotatable bonds is 7. The van der Waals surface area contributed by atoms with Crippen LogP contribution in [0.4, 0.5) is 5.69 Å². The second-order valence-corrected chi connectivity index (χ2v) is 8.92. The molecule has 0 radical (unpaired) electrons. The third-order valence-corrected chi connectivity index (χ3v) is 6.77. The number of aliphatic imine (C=N–C) groups is 1. The summed E-state index contributed by atoms with van der Waals surface area (Å²) in [4.78, 5) is 6.21. The van der Waals surface area contributed by atoms with E-state index in [1.807, 2.05) is 60.5 Å². The topological polar surface area (TPSA) is 74.2 Å². The molecule has 29 heavy (non-hydrogen) atoms. The van der Waals surface area contributed by atoms with E-state index in [1.54, 1.807) is 14.2 Å². The van der Waals surface area contributed by atoms with E-state index in [-0.39, 0.29) is 12.3 Å². The number of hydrogen-bond donors (Lipinski definition) is 1. The zero-order chi connectivity index (χ0) is 20.9. The Morgan fingerprint density at radius 1 is 1.21 bits per heavy atom. The molecule has 1 heterocycles. The summed E-state index contributed by atoms with van der Waals surface area (Å²) < 4.78 is 32.6. The van der Waals surface area contributed by atoms with Crippen LogP contribution < -0.4 is 14.4 Å². The summed E-state index contributed by atoms with van der Waals surface area (Å²) in [5.74, 6) is 1.45. The van der Waals surface area contributed by atoms with Gasteiger partial charge in [0.05, 0.1) is 18.6 Å². The van der Waals surface area contributed by atoms with Gasteiger partial charge in [0, 0.05) is 39.3 Å². The van der Waals surface area contributed by atoms with Crippen LogP contribution >= 0.6 is 0 Å². The molecular weight excluding hydrogens is 388 g/mol. The Morgan fingerprint density at radius 2 is 1.93 bits per heavy atom. The first-order valence-corrected chi connectivity index (χ1v) is 11.2. The van der Waals surface area contributed by atoms with Gasteiger partial charge >= 0.3 is 0 Å². The molecule has 2 aromatic carbocycles. The quantitative estimate of drug-likeness (QED) is 0.553. The van der Waals surface area contributed by atoms with Crippen molar-refractivity contribution in [1.82, 2.24) is 10.2 Å². The molecule has 0 saturated carbocycles. The molecule has 0 aromatic heterocycles. The number of anilines is 1. The van der Waals surface area contributed by atoms with Gasteiger partial charge in [-0.3, -0.25) is 9.30 Å². The minimum Gasteiger partial charge on any atom is -0.496 e. The molecule has 7 nitrogen and oxygen atoms in total. The Balaban J connectivity index is 1.58. The molecule has 0 amide bonds. The number of nitrogens with zero attached hydrogens (tertiary/aromatic N) is 3. The number of ether oxygens (including phenoxy) is 1. The molecule has 1 aliphatic heterocycles. The lowest BCUT2D eigenvalue weighted by Gasteiger charge is -2.24. The van der Waals surface area contributed by atoms with E-state index < -0.39 is 10.0 Å². The van der Waals surface area contributed by atoms with Gasteiger partial charge in [-0.25, -0.2) is 8.42 Å². The highest BCUT2D eigenvalue weighted by atomic mass is 32.2. The van der Waals surface area contributed by atoms with Crippen molar-refractivity contribution in [2.45, 2.75) is 13.0 Å². The van der Waals surface area contributed by atoms with E-state index >= 15 is 0 Å². The fourth-order valence-corrected chi connectivity index (χ4v) is 4.98. The standard InChI is InChI=1S/C21H28N4O3S/c1-22-21(24(2)16-18-9-5-7-11-20(18)28-3)23-13-15-29(26,27)25-14-12-17-8-4-6-10-19(17)25/h4-11H,12-16H2,1-3H3,(H,22,23). The van der Waals surface area contributed by atoms with Gasteiger partial charge in [-0.2, -0.15) is 0 Å². The SMILES string of the molecule is CN=C(NCCS(=O)(=O)N1CCc2ccccc21)N(C)Cc1ccccc1OC. The average molecular weight is 417 g/mol. The summed E-state index contributed by atoms with van der Waals surface area (Å²) >= 11 is 0. The molecule has 0 saturated heterocycles. The van der Waals surface area contributed by atoms with Crippen LogP contribution in [-0.4, -0.2) is 59.3 Å². The van der Waals surface area contributed by atoms with Crippen LogP contribution in [0.1, 0.15) is 11.1 Å². The van der Waals surface area contributed by atoms with Crippen molar-refractivity contribution in [3.63, 3.8) is 0 Å². The number of guanidine groups is 1. The molecule has 1 aliphatic rings. The summed E-state index contributed by atoms with van der Waals surface area (Å²) in [5, 5.41) is 3.16. The van der Waals surface area contributed by atoms with E-state index in [2.05, 4.69) is 10.3 Å². The number of methoxy groups -OCH3 is 1. The third-order valence-electron chi connectivity index (χ3n) is 5.00. The second kappa shape index (κ2) is 9.17. The van der Waals surface area contributed by atoms with Crippen LogP contribution in [0.3, 0.4) is 0 Å². The average Bonchev–Trinajstić information content (AvgIpc) is 3.16. The number of hydrogen-bond acceptors (Lipinski definition) is 4. The maximum Gasteiger partial charge on any atom is 0.236 e. The Morgan fingerprint density at radius 3 is 2.69 bits per heavy atom. The lowest BCUT2D eigenvalue weighted by molar-refractivity contribution is 0.396. The first-order valence-electron chi connectivity index (χ1n) is 9.58. The van der Waals surface area contributed by atoms with Crippen molar-refractivity contribution in [3.05, 3.63) is 59.7 Å². The van der Waals surface area contributed by atoms with Crippen LogP contribution in [0, 0.1) is 0 Å². The van der Waals surface area contributed by atoms with E-state index in [4.69, 9.17) is 4.74 Å². The van der Waals surface area contributed by atoms with Crippen LogP contribution in [0.5, 0.6) is 5.75 Å². The van der Waals surface area contributed by atoms with Gasteiger partial charge < -0.3 is 15.0 Å². The highest BCUT2D eigenvalue weighted by Crippen LogP contribution is 2.29. The van der Waals surface area contributed by atoms with Crippen molar-refractivity contribution < 1.29 is 13.2 Å². The van der Waals surface area contributed by atoms with Gasteiger partial charge in [-0.15, -0.1) is 0 Å². The molecule has 156 valence electrons. The fourth-order valence-electron chi connectivity index (χ4n) is 3.55. The van der Waals surface area contributed by atoms with Crippen LogP contribution in [0.25, 0.3) is 0 Å². The van der Waals surface area contributed by atoms with Gasteiger partial charge in [0.15, 0.2) is 5.96 Å². The summed E-state index contributed by atoms with van der Waals surface area (Å²) in [6.45, 7) is 1.38. The molecule has 0 fully saturated rings. The zero-order valence-corrected chi connectivity index (χ0v) is 17.9. The van der Waals surface area contributed by atoms with E-state index in [0.717, 1.165) is 29.0 Å². The smallest absolute Gasteiger partial charge is 0.236 e. The minimum absolute atomic E-state index is 0.00283. The Bertz CT molecular complexity index is 975. The lowest BCUT2D eigenvalue weighted by atomic mass is 10.2. The fraction of sp³-hybridized carbons (Fsp3) is 0.381. The van der Waals surface area contributed by atoms with Gasteiger partial charge in [0.1, 0.15) is 5.75 Å². The van der Waals surface area contributed by atoms with E-state index in [9.17, 15) is 8.42 Å². The molecule has 2 aromatic rings. The summed E-state index contributed by atoms with van der Waals surface area (Å²) in [6, 6.07) is 15.5. The van der Waals surface area contributed by atoms with Gasteiger partial charge in [0.2, 0.25) is 10.0 Å². The number of para-hydroxylation sites is 2. The molecular formula is C21H28N4O3S. The minimum atomic E-state index is -3.40. The van der Waals surface area contributed by atoms with Crippen molar-refractivity contribution >= 4 is 21.7 Å². The predicted molar refractivity (Wildman–Crippen MR) is 117 cm³/mol. The predicted octanol–water partition coefficient (Wildman–Crippen LogP) is 2.09. The highest BCUT2D eigenvalue weighted by Gasteiger charge is 2.28.